The van der Waals surface area contributed by atoms with E-state index in [9.17, 15) is 9.18 Å². The summed E-state index contributed by atoms with van der Waals surface area (Å²) in [5, 5.41) is 2.64. The molecule has 0 radical (unpaired) electrons. The van der Waals surface area contributed by atoms with Crippen molar-refractivity contribution in [1.29, 1.82) is 0 Å². The van der Waals surface area contributed by atoms with Crippen LogP contribution in [0.5, 0.6) is 5.75 Å². The van der Waals surface area contributed by atoms with Gasteiger partial charge < -0.3 is 10.1 Å². The Hall–Kier alpha value is -1.88. The van der Waals surface area contributed by atoms with Gasteiger partial charge in [-0.05, 0) is 56.3 Å². The molecule has 3 nitrogen and oxygen atoms in total. The van der Waals surface area contributed by atoms with Crippen LogP contribution in [-0.2, 0) is 4.79 Å². The van der Waals surface area contributed by atoms with Crippen LogP contribution in [-0.4, -0.2) is 11.5 Å². The van der Waals surface area contributed by atoms with Crippen LogP contribution >= 0.6 is 15.9 Å². The molecule has 1 amide bonds. The van der Waals surface area contributed by atoms with Crippen molar-refractivity contribution >= 4 is 27.5 Å². The Morgan fingerprint density at radius 1 is 1.19 bits per heavy atom. The van der Waals surface area contributed by atoms with E-state index in [1.54, 1.807) is 32.0 Å². The molecule has 2 rings (SSSR count). The highest BCUT2D eigenvalue weighted by Crippen LogP contribution is 2.22. The second-order valence-electron chi connectivity index (χ2n) is 5.03. The first-order valence-corrected chi connectivity index (χ1v) is 7.18. The summed E-state index contributed by atoms with van der Waals surface area (Å²) in [6, 6.07) is 12.9. The van der Waals surface area contributed by atoms with Gasteiger partial charge >= 0.3 is 0 Å². The van der Waals surface area contributed by atoms with Gasteiger partial charge in [0.15, 0.2) is 5.60 Å². The van der Waals surface area contributed by atoms with E-state index in [1.165, 1.54) is 18.2 Å². The number of hydrogen-bond donors (Lipinski definition) is 1. The van der Waals surface area contributed by atoms with Gasteiger partial charge in [0.1, 0.15) is 11.6 Å². The summed E-state index contributed by atoms with van der Waals surface area (Å²) in [6.45, 7) is 3.31. The van der Waals surface area contributed by atoms with Gasteiger partial charge in [-0.15, -0.1) is 0 Å². The SMILES string of the molecule is CC(C)(Oc1ccc(Br)cc1)C(=O)Nc1cccc(F)c1. The molecule has 0 atom stereocenters. The lowest BCUT2D eigenvalue weighted by atomic mass is 10.1. The van der Waals surface area contributed by atoms with Gasteiger partial charge in [0.25, 0.3) is 5.91 Å². The van der Waals surface area contributed by atoms with Crippen LogP contribution in [0.4, 0.5) is 10.1 Å². The van der Waals surface area contributed by atoms with E-state index in [0.717, 1.165) is 4.47 Å². The van der Waals surface area contributed by atoms with Gasteiger partial charge in [0, 0.05) is 10.2 Å². The lowest BCUT2D eigenvalue weighted by molar-refractivity contribution is -0.128. The molecule has 0 bridgehead atoms. The fourth-order valence-corrected chi connectivity index (χ4v) is 1.96. The fourth-order valence-electron chi connectivity index (χ4n) is 1.69. The fraction of sp³-hybridized carbons (Fsp3) is 0.188. The van der Waals surface area contributed by atoms with Gasteiger partial charge in [0.2, 0.25) is 0 Å². The van der Waals surface area contributed by atoms with Gasteiger partial charge in [-0.1, -0.05) is 22.0 Å². The quantitative estimate of drug-likeness (QED) is 0.887. The topological polar surface area (TPSA) is 38.3 Å². The molecular weight excluding hydrogens is 337 g/mol. The van der Waals surface area contributed by atoms with Crippen LogP contribution in [0.25, 0.3) is 0 Å². The van der Waals surface area contributed by atoms with Crippen LogP contribution in [0.3, 0.4) is 0 Å². The third kappa shape index (κ3) is 4.29. The number of ether oxygens (including phenoxy) is 1. The third-order valence-corrected chi connectivity index (χ3v) is 3.34. The second kappa shape index (κ2) is 6.26. The average molecular weight is 352 g/mol. The number of carbonyl (C=O) groups is 1. The number of anilines is 1. The van der Waals surface area contributed by atoms with E-state index < -0.39 is 11.4 Å². The van der Waals surface area contributed by atoms with Crippen molar-refractivity contribution in [1.82, 2.24) is 0 Å². The maximum absolute atomic E-state index is 13.1. The minimum absolute atomic E-state index is 0.351. The lowest BCUT2D eigenvalue weighted by Crippen LogP contribution is -2.42. The van der Waals surface area contributed by atoms with Crippen LogP contribution in [0.1, 0.15) is 13.8 Å². The number of rotatable bonds is 4. The monoisotopic (exact) mass is 351 g/mol. The standard InChI is InChI=1S/C16H15BrFNO2/c1-16(2,21-14-8-6-11(17)7-9-14)15(20)19-13-5-3-4-12(18)10-13/h3-10H,1-2H3,(H,19,20). The highest BCUT2D eigenvalue weighted by molar-refractivity contribution is 9.10. The minimum atomic E-state index is -1.08. The van der Waals surface area contributed by atoms with Crippen LogP contribution in [0, 0.1) is 5.82 Å². The van der Waals surface area contributed by atoms with Crippen LogP contribution in [0.2, 0.25) is 0 Å². The zero-order chi connectivity index (χ0) is 15.5. The van der Waals surface area contributed by atoms with E-state index >= 15 is 0 Å². The van der Waals surface area contributed by atoms with Crippen molar-refractivity contribution in [2.45, 2.75) is 19.4 Å². The molecule has 0 aliphatic heterocycles. The third-order valence-electron chi connectivity index (χ3n) is 2.82. The number of benzene rings is 2. The predicted octanol–water partition coefficient (Wildman–Crippen LogP) is 4.38. The Bertz CT molecular complexity index is 641. The van der Waals surface area contributed by atoms with Gasteiger partial charge in [-0.2, -0.15) is 0 Å². The van der Waals surface area contributed by atoms with Crippen molar-refractivity contribution in [3.8, 4) is 5.75 Å². The van der Waals surface area contributed by atoms with E-state index in [-0.39, 0.29) is 5.91 Å². The first-order chi connectivity index (χ1) is 9.87. The zero-order valence-corrected chi connectivity index (χ0v) is 13.3. The Balaban J connectivity index is 2.07. The Morgan fingerprint density at radius 2 is 1.86 bits per heavy atom. The maximum atomic E-state index is 13.1. The summed E-state index contributed by atoms with van der Waals surface area (Å²) in [5.41, 5.74) is -0.687. The molecule has 0 aromatic heterocycles. The number of nitrogens with one attached hydrogen (secondary N) is 1. The summed E-state index contributed by atoms with van der Waals surface area (Å²) in [6.07, 6.45) is 0. The van der Waals surface area contributed by atoms with Crippen molar-refractivity contribution < 1.29 is 13.9 Å². The molecule has 2 aromatic carbocycles. The minimum Gasteiger partial charge on any atom is -0.478 e. The van der Waals surface area contributed by atoms with E-state index in [0.29, 0.717) is 11.4 Å². The van der Waals surface area contributed by atoms with Gasteiger partial charge in [-0.25, -0.2) is 4.39 Å². The molecule has 0 saturated carbocycles. The molecule has 0 unspecified atom stereocenters. The molecule has 110 valence electrons. The first-order valence-electron chi connectivity index (χ1n) is 6.38. The summed E-state index contributed by atoms with van der Waals surface area (Å²) in [7, 11) is 0. The molecule has 0 heterocycles. The molecule has 5 heteroatoms. The van der Waals surface area contributed by atoms with Crippen molar-refractivity contribution in [2.24, 2.45) is 0 Å². The van der Waals surface area contributed by atoms with E-state index in [1.807, 2.05) is 12.1 Å². The van der Waals surface area contributed by atoms with E-state index in [4.69, 9.17) is 4.74 Å². The zero-order valence-electron chi connectivity index (χ0n) is 11.7. The highest BCUT2D eigenvalue weighted by Gasteiger charge is 2.30. The molecule has 2 aromatic rings. The Morgan fingerprint density at radius 3 is 2.48 bits per heavy atom. The largest absolute Gasteiger partial charge is 0.478 e. The summed E-state index contributed by atoms with van der Waals surface area (Å²) in [4.78, 5) is 12.2. The van der Waals surface area contributed by atoms with Gasteiger partial charge in [-0.3, -0.25) is 4.79 Å². The average Bonchev–Trinajstić information content (AvgIpc) is 2.41. The Labute approximate surface area is 131 Å². The number of halogens is 2. The van der Waals surface area contributed by atoms with Crippen molar-refractivity contribution in [3.05, 3.63) is 58.8 Å². The van der Waals surface area contributed by atoms with Gasteiger partial charge in [0.05, 0.1) is 0 Å². The van der Waals surface area contributed by atoms with E-state index in [2.05, 4.69) is 21.2 Å². The summed E-state index contributed by atoms with van der Waals surface area (Å²) in [5.74, 6) is -0.173. The second-order valence-corrected chi connectivity index (χ2v) is 5.95. The summed E-state index contributed by atoms with van der Waals surface area (Å²) < 4.78 is 19.7. The normalized spacial score (nSPS) is 11.0. The smallest absolute Gasteiger partial charge is 0.267 e. The van der Waals surface area contributed by atoms with Crippen molar-refractivity contribution in [3.63, 3.8) is 0 Å². The number of amides is 1. The Kier molecular flexibility index (Phi) is 4.63. The maximum Gasteiger partial charge on any atom is 0.267 e. The molecule has 0 aliphatic carbocycles. The molecule has 0 spiro atoms. The lowest BCUT2D eigenvalue weighted by Gasteiger charge is -2.25. The molecule has 0 fully saturated rings. The number of hydrogen-bond acceptors (Lipinski definition) is 2. The highest BCUT2D eigenvalue weighted by atomic mass is 79.9. The molecule has 21 heavy (non-hydrogen) atoms. The van der Waals surface area contributed by atoms with Crippen LogP contribution in [0.15, 0.2) is 53.0 Å². The predicted molar refractivity (Wildman–Crippen MR) is 83.9 cm³/mol. The van der Waals surface area contributed by atoms with Crippen molar-refractivity contribution in [2.75, 3.05) is 5.32 Å². The molecule has 0 saturated heterocycles. The summed E-state index contributed by atoms with van der Waals surface area (Å²) >= 11 is 3.33. The first kappa shape index (κ1) is 15.5. The molecular formula is C16H15BrFNO2. The van der Waals surface area contributed by atoms with Crippen LogP contribution < -0.4 is 10.1 Å². The number of carbonyl (C=O) groups excluding carboxylic acids is 1. The molecule has 0 aliphatic rings. The molecule has 1 N–H and O–H groups in total.